The van der Waals surface area contributed by atoms with Crippen LogP contribution in [0.5, 0.6) is 0 Å². The number of hydrogen-bond acceptors (Lipinski definition) is 3. The van der Waals surface area contributed by atoms with Crippen LogP contribution in [0.4, 0.5) is 5.69 Å². The van der Waals surface area contributed by atoms with Crippen LogP contribution in [0.25, 0.3) is 0 Å². The Morgan fingerprint density at radius 1 is 1.33 bits per heavy atom. The fraction of sp³-hybridized carbons (Fsp3) is 0.588. The van der Waals surface area contributed by atoms with Gasteiger partial charge in [-0.05, 0) is 57.0 Å². The SMILES string of the molecule is CC(=O)Nc1ccc(CNC[C@H]2CCN(C(C)C)C2)cc1. The summed E-state index contributed by atoms with van der Waals surface area (Å²) in [5, 5.41) is 6.33. The van der Waals surface area contributed by atoms with Gasteiger partial charge < -0.3 is 15.5 Å². The van der Waals surface area contributed by atoms with Crippen LogP contribution in [0.2, 0.25) is 0 Å². The standard InChI is InChI=1S/C17H27N3O/c1-13(2)20-9-8-16(12-20)11-18-10-15-4-6-17(7-5-15)19-14(3)21/h4-7,13,16,18H,8-12H2,1-3H3,(H,19,21)/t16-/m1/s1. The fourth-order valence-corrected chi connectivity index (χ4v) is 2.83. The zero-order chi connectivity index (χ0) is 15.2. The summed E-state index contributed by atoms with van der Waals surface area (Å²) in [4.78, 5) is 13.5. The molecule has 116 valence electrons. The van der Waals surface area contributed by atoms with Gasteiger partial charge in [0.1, 0.15) is 0 Å². The Kier molecular flexibility index (Phi) is 5.76. The number of benzene rings is 1. The molecule has 4 heteroatoms. The molecule has 1 atom stereocenters. The highest BCUT2D eigenvalue weighted by Crippen LogP contribution is 2.17. The minimum absolute atomic E-state index is 0.0307. The van der Waals surface area contributed by atoms with Crippen LogP contribution in [0.1, 0.15) is 32.8 Å². The molecule has 2 rings (SSSR count). The van der Waals surface area contributed by atoms with Crippen molar-refractivity contribution in [2.75, 3.05) is 25.0 Å². The third-order valence-electron chi connectivity index (χ3n) is 4.08. The van der Waals surface area contributed by atoms with E-state index in [9.17, 15) is 4.79 Å². The number of carbonyl (C=O) groups excluding carboxylic acids is 1. The zero-order valence-corrected chi connectivity index (χ0v) is 13.4. The van der Waals surface area contributed by atoms with Crippen molar-refractivity contribution in [1.82, 2.24) is 10.2 Å². The molecule has 1 aliphatic rings. The van der Waals surface area contributed by atoms with Crippen LogP contribution >= 0.6 is 0 Å². The number of nitrogens with one attached hydrogen (secondary N) is 2. The van der Waals surface area contributed by atoms with Gasteiger partial charge in [0, 0.05) is 31.7 Å². The van der Waals surface area contributed by atoms with Crippen molar-refractivity contribution in [1.29, 1.82) is 0 Å². The largest absolute Gasteiger partial charge is 0.326 e. The number of amides is 1. The van der Waals surface area contributed by atoms with Gasteiger partial charge in [-0.3, -0.25) is 4.79 Å². The van der Waals surface area contributed by atoms with Crippen LogP contribution in [-0.4, -0.2) is 36.5 Å². The van der Waals surface area contributed by atoms with Gasteiger partial charge in [-0.2, -0.15) is 0 Å². The van der Waals surface area contributed by atoms with Gasteiger partial charge in [-0.1, -0.05) is 12.1 Å². The summed E-state index contributed by atoms with van der Waals surface area (Å²) >= 11 is 0. The second-order valence-corrected chi connectivity index (χ2v) is 6.25. The average molecular weight is 289 g/mol. The third kappa shape index (κ3) is 5.14. The molecule has 0 aromatic heterocycles. The fourth-order valence-electron chi connectivity index (χ4n) is 2.83. The van der Waals surface area contributed by atoms with E-state index in [1.807, 2.05) is 12.1 Å². The van der Waals surface area contributed by atoms with E-state index in [1.165, 1.54) is 32.0 Å². The van der Waals surface area contributed by atoms with Crippen molar-refractivity contribution in [2.24, 2.45) is 5.92 Å². The van der Waals surface area contributed by atoms with Crippen molar-refractivity contribution >= 4 is 11.6 Å². The second-order valence-electron chi connectivity index (χ2n) is 6.25. The molecule has 21 heavy (non-hydrogen) atoms. The van der Waals surface area contributed by atoms with E-state index in [-0.39, 0.29) is 5.91 Å². The Balaban J connectivity index is 1.70. The number of nitrogens with zero attached hydrogens (tertiary/aromatic N) is 1. The number of carbonyl (C=O) groups is 1. The predicted molar refractivity (Wildman–Crippen MR) is 87.3 cm³/mol. The smallest absolute Gasteiger partial charge is 0.221 e. The molecule has 1 aromatic rings. The molecule has 2 N–H and O–H groups in total. The van der Waals surface area contributed by atoms with Crippen molar-refractivity contribution < 1.29 is 4.79 Å². The monoisotopic (exact) mass is 289 g/mol. The van der Waals surface area contributed by atoms with Crippen molar-refractivity contribution in [3.05, 3.63) is 29.8 Å². The molecule has 1 aliphatic heterocycles. The first-order valence-corrected chi connectivity index (χ1v) is 7.86. The minimum Gasteiger partial charge on any atom is -0.326 e. The molecule has 1 amide bonds. The Hall–Kier alpha value is -1.39. The molecule has 4 nitrogen and oxygen atoms in total. The highest BCUT2D eigenvalue weighted by Gasteiger charge is 2.23. The molecule has 0 unspecified atom stereocenters. The molecule has 1 saturated heterocycles. The molecule has 1 aromatic carbocycles. The van der Waals surface area contributed by atoms with Crippen molar-refractivity contribution in [3.63, 3.8) is 0 Å². The van der Waals surface area contributed by atoms with Crippen LogP contribution in [-0.2, 0) is 11.3 Å². The molecule has 0 radical (unpaired) electrons. The van der Waals surface area contributed by atoms with Crippen LogP contribution in [0.3, 0.4) is 0 Å². The van der Waals surface area contributed by atoms with Gasteiger partial charge in [0.25, 0.3) is 0 Å². The number of hydrogen-bond donors (Lipinski definition) is 2. The van der Waals surface area contributed by atoms with Crippen LogP contribution in [0, 0.1) is 5.92 Å². The van der Waals surface area contributed by atoms with E-state index in [0.29, 0.717) is 6.04 Å². The first kappa shape index (κ1) is 16.0. The van der Waals surface area contributed by atoms with Gasteiger partial charge in [0.2, 0.25) is 5.91 Å². The summed E-state index contributed by atoms with van der Waals surface area (Å²) in [5.74, 6) is 0.739. The highest BCUT2D eigenvalue weighted by molar-refractivity contribution is 5.88. The van der Waals surface area contributed by atoms with Gasteiger partial charge in [-0.15, -0.1) is 0 Å². The first-order chi connectivity index (χ1) is 10.0. The minimum atomic E-state index is -0.0307. The lowest BCUT2D eigenvalue weighted by Gasteiger charge is -2.20. The van der Waals surface area contributed by atoms with Crippen molar-refractivity contribution in [2.45, 2.75) is 39.8 Å². The summed E-state index contributed by atoms with van der Waals surface area (Å²) in [7, 11) is 0. The molecular weight excluding hydrogens is 262 g/mol. The summed E-state index contributed by atoms with van der Waals surface area (Å²) in [6.45, 7) is 10.5. The van der Waals surface area contributed by atoms with E-state index < -0.39 is 0 Å². The van der Waals surface area contributed by atoms with Gasteiger partial charge in [0.15, 0.2) is 0 Å². The molecule has 0 saturated carbocycles. The molecule has 1 fully saturated rings. The summed E-state index contributed by atoms with van der Waals surface area (Å²) in [6.07, 6.45) is 1.30. The van der Waals surface area contributed by atoms with Crippen molar-refractivity contribution in [3.8, 4) is 0 Å². The van der Waals surface area contributed by atoms with Crippen LogP contribution < -0.4 is 10.6 Å². The maximum Gasteiger partial charge on any atom is 0.221 e. The second kappa shape index (κ2) is 7.57. The lowest BCUT2D eigenvalue weighted by atomic mass is 10.1. The number of anilines is 1. The summed E-state index contributed by atoms with van der Waals surface area (Å²) in [6, 6.07) is 8.69. The number of rotatable bonds is 6. The Morgan fingerprint density at radius 3 is 2.62 bits per heavy atom. The summed E-state index contributed by atoms with van der Waals surface area (Å²) < 4.78 is 0. The molecule has 0 spiro atoms. The third-order valence-corrected chi connectivity index (χ3v) is 4.08. The molecule has 0 bridgehead atoms. The van der Waals surface area contributed by atoms with E-state index in [2.05, 4.69) is 41.5 Å². The molecular formula is C17H27N3O. The number of likely N-dealkylation sites (tertiary alicyclic amines) is 1. The molecule has 1 heterocycles. The van der Waals surface area contributed by atoms with E-state index >= 15 is 0 Å². The topological polar surface area (TPSA) is 44.4 Å². The first-order valence-electron chi connectivity index (χ1n) is 7.86. The van der Waals surface area contributed by atoms with E-state index in [4.69, 9.17) is 0 Å². The van der Waals surface area contributed by atoms with E-state index in [1.54, 1.807) is 0 Å². The average Bonchev–Trinajstić information content (AvgIpc) is 2.89. The highest BCUT2D eigenvalue weighted by atomic mass is 16.1. The predicted octanol–water partition coefficient (Wildman–Crippen LogP) is 2.46. The quantitative estimate of drug-likeness (QED) is 0.845. The van der Waals surface area contributed by atoms with Gasteiger partial charge in [0.05, 0.1) is 0 Å². The van der Waals surface area contributed by atoms with Gasteiger partial charge >= 0.3 is 0 Å². The summed E-state index contributed by atoms with van der Waals surface area (Å²) in [5.41, 5.74) is 2.11. The maximum absolute atomic E-state index is 11.0. The lowest BCUT2D eigenvalue weighted by molar-refractivity contribution is -0.114. The Bertz CT molecular complexity index is 456. The normalized spacial score (nSPS) is 19.1. The van der Waals surface area contributed by atoms with E-state index in [0.717, 1.165) is 24.7 Å². The zero-order valence-electron chi connectivity index (χ0n) is 13.4. The Morgan fingerprint density at radius 2 is 2.05 bits per heavy atom. The van der Waals surface area contributed by atoms with Crippen LogP contribution in [0.15, 0.2) is 24.3 Å². The molecule has 0 aliphatic carbocycles. The lowest BCUT2D eigenvalue weighted by Crippen LogP contribution is -2.30. The van der Waals surface area contributed by atoms with Gasteiger partial charge in [-0.25, -0.2) is 0 Å². The maximum atomic E-state index is 11.0. The Labute approximate surface area is 127 Å².